The second-order valence-electron chi connectivity index (χ2n) is 13.0. The van der Waals surface area contributed by atoms with Gasteiger partial charge in [0, 0.05) is 5.92 Å². The molecule has 4 aromatic carbocycles. The summed E-state index contributed by atoms with van der Waals surface area (Å²) in [4.78, 5) is 0. The van der Waals surface area contributed by atoms with Gasteiger partial charge in [-0.2, -0.15) is 17.7 Å². The summed E-state index contributed by atoms with van der Waals surface area (Å²) in [5, 5.41) is 0. The molecule has 0 saturated carbocycles. The molecule has 0 fully saturated rings. The molecule has 2 aliphatic carbocycles. The summed E-state index contributed by atoms with van der Waals surface area (Å²) in [7, 11) is 0. The molecule has 0 aliphatic heterocycles. The van der Waals surface area contributed by atoms with Gasteiger partial charge in [0.2, 0.25) is 0 Å². The number of halogens is 2. The van der Waals surface area contributed by atoms with Crippen LogP contribution in [0.15, 0.2) is 120 Å². The molecule has 6 rings (SSSR count). The summed E-state index contributed by atoms with van der Waals surface area (Å²) in [6.45, 7) is 13.8. The van der Waals surface area contributed by atoms with Gasteiger partial charge in [0.15, 0.2) is 0 Å². The van der Waals surface area contributed by atoms with Gasteiger partial charge in [0.1, 0.15) is 0 Å². The molecule has 42 heavy (non-hydrogen) atoms. The van der Waals surface area contributed by atoms with Gasteiger partial charge in [-0.05, 0) is 44.2 Å². The number of benzene rings is 4. The molecule has 3 heteroatoms. The molecule has 0 nitrogen and oxygen atoms in total. The van der Waals surface area contributed by atoms with E-state index in [1.165, 1.54) is 55.7 Å². The molecule has 211 valence electrons. The predicted molar refractivity (Wildman–Crippen MR) is 166 cm³/mol. The van der Waals surface area contributed by atoms with E-state index in [4.69, 9.17) is 0 Å². The average molecular weight is 668 g/mol. The van der Waals surface area contributed by atoms with E-state index >= 15 is 0 Å². The first-order chi connectivity index (χ1) is 18.6. The third kappa shape index (κ3) is 6.40. The molecule has 0 N–H and O–H groups in total. The van der Waals surface area contributed by atoms with Gasteiger partial charge in [-0.15, -0.1) is 11.6 Å². The normalized spacial score (nSPS) is 13.8. The number of hydrogen-bond donors (Lipinski definition) is 0. The van der Waals surface area contributed by atoms with Crippen LogP contribution in [0, 0.1) is 6.08 Å². The third-order valence-electron chi connectivity index (χ3n) is 8.16. The maximum Gasteiger partial charge on any atom is 3.00 e. The quantitative estimate of drug-likeness (QED) is 0.288. The van der Waals surface area contributed by atoms with Crippen LogP contribution >= 0.6 is 0 Å². The summed E-state index contributed by atoms with van der Waals surface area (Å²) in [6.07, 6.45) is 8.48. The van der Waals surface area contributed by atoms with Crippen molar-refractivity contribution in [1.82, 2.24) is 0 Å². The Balaban J connectivity index is 0.00000161. The van der Waals surface area contributed by atoms with Gasteiger partial charge in [0.05, 0.1) is 0 Å². The average Bonchev–Trinajstić information content (AvgIpc) is 3.51. The first-order valence-corrected chi connectivity index (χ1v) is 14.1. The zero-order valence-electron chi connectivity index (χ0n) is 25.2. The zero-order valence-corrected chi connectivity index (χ0v) is 29.2. The fraction of sp³-hybridized carbons (Fsp3) is 0.231. The molecule has 0 atom stereocenters. The number of rotatable bonds is 3. The van der Waals surface area contributed by atoms with Gasteiger partial charge >= 0.3 is 26.2 Å². The Morgan fingerprint density at radius 1 is 0.571 bits per heavy atom. The van der Waals surface area contributed by atoms with E-state index in [1.807, 2.05) is 0 Å². The largest absolute Gasteiger partial charge is 3.00 e. The maximum absolute atomic E-state index is 3.91. The van der Waals surface area contributed by atoms with Gasteiger partial charge in [0.25, 0.3) is 0 Å². The zero-order chi connectivity index (χ0) is 27.4. The molecule has 0 amide bonds. The van der Waals surface area contributed by atoms with Gasteiger partial charge in [-0.3, -0.25) is 0 Å². The molecule has 2 aliphatic rings. The predicted octanol–water partition coefficient (Wildman–Crippen LogP) is 4.20. The smallest absolute Gasteiger partial charge is 1.00 e. The van der Waals surface area contributed by atoms with Crippen LogP contribution in [0.5, 0.6) is 0 Å². The van der Waals surface area contributed by atoms with E-state index in [0.29, 0.717) is 0 Å². The number of allylic oxidation sites excluding steroid dienone is 5. The Labute approximate surface area is 284 Å². The van der Waals surface area contributed by atoms with Crippen molar-refractivity contribution in [3.8, 4) is 11.1 Å². The van der Waals surface area contributed by atoms with Crippen LogP contribution in [0.4, 0.5) is 0 Å². The minimum atomic E-state index is 0. The summed E-state index contributed by atoms with van der Waals surface area (Å²) >= 11 is 0. The first kappa shape index (κ1) is 34.1. The van der Waals surface area contributed by atoms with E-state index in [1.54, 1.807) is 0 Å². The number of hydrogen-bond acceptors (Lipinski definition) is 0. The van der Waals surface area contributed by atoms with Crippen molar-refractivity contribution < 1.29 is 51.0 Å². The van der Waals surface area contributed by atoms with Crippen LogP contribution in [0.1, 0.15) is 80.8 Å². The van der Waals surface area contributed by atoms with Crippen molar-refractivity contribution in [3.05, 3.63) is 160 Å². The van der Waals surface area contributed by atoms with Gasteiger partial charge in [-0.1, -0.05) is 155 Å². The van der Waals surface area contributed by atoms with Crippen molar-refractivity contribution in [2.24, 2.45) is 0 Å². The topological polar surface area (TPSA) is 0 Å². The molecule has 1 radical (unpaired) electrons. The Kier molecular flexibility index (Phi) is 10.6. The van der Waals surface area contributed by atoms with Gasteiger partial charge < -0.3 is 24.8 Å². The summed E-state index contributed by atoms with van der Waals surface area (Å²) in [5.41, 5.74) is 14.5. The van der Waals surface area contributed by atoms with Crippen LogP contribution in [0.2, 0.25) is 0 Å². The Bertz CT molecular complexity index is 1540. The molecule has 0 bridgehead atoms. The SMILES string of the molecule is CC(C)(C)c1ccc2c(c1)C(C1=[C-]C(=C(c3ccccc3)c3ccccc3)C=C1)c1cc(C(C)(C)C)ccc1-2.[Cl-].[Cl-].[Zr+3]. The van der Waals surface area contributed by atoms with Crippen LogP contribution in [-0.2, 0) is 37.0 Å². The molecule has 4 aromatic rings. The van der Waals surface area contributed by atoms with Crippen LogP contribution in [0.25, 0.3) is 16.7 Å². The summed E-state index contributed by atoms with van der Waals surface area (Å²) < 4.78 is 0. The van der Waals surface area contributed by atoms with E-state index < -0.39 is 0 Å². The van der Waals surface area contributed by atoms with Gasteiger partial charge in [-0.25, -0.2) is 0 Å². The van der Waals surface area contributed by atoms with Crippen LogP contribution < -0.4 is 24.8 Å². The standard InChI is InChI=1S/C39H37.2ClH.Zr/c1-38(2,3)30-19-21-32-33-22-20-31(39(4,5)6)25-35(33)37(34(32)24-30)29-18-17-28(23-29)36(26-13-9-7-10-14-26)27-15-11-8-12-16-27;;;/h7-22,24-25,37H,1-6H3;2*1H;/q-1;;;+3/p-2. The first-order valence-electron chi connectivity index (χ1n) is 14.1. The molecule has 0 unspecified atom stereocenters. The fourth-order valence-electron chi connectivity index (χ4n) is 5.94. The third-order valence-corrected chi connectivity index (χ3v) is 8.16. The van der Waals surface area contributed by atoms with E-state index in [-0.39, 0.29) is 67.8 Å². The Hall–Kier alpha value is -2.44. The molecular formula is C39H37Cl2Zr. The number of fused-ring (bicyclic) bond motifs is 3. The molecule has 0 aromatic heterocycles. The minimum Gasteiger partial charge on any atom is -1.00 e. The minimum absolute atomic E-state index is 0. The molecule has 0 spiro atoms. The molecule has 0 heterocycles. The van der Waals surface area contributed by atoms with Crippen molar-refractivity contribution in [2.45, 2.75) is 58.3 Å². The molecule has 0 saturated heterocycles. The Morgan fingerprint density at radius 2 is 1.00 bits per heavy atom. The van der Waals surface area contributed by atoms with E-state index in [0.717, 1.165) is 5.57 Å². The maximum atomic E-state index is 3.91. The van der Waals surface area contributed by atoms with Crippen molar-refractivity contribution in [3.63, 3.8) is 0 Å². The van der Waals surface area contributed by atoms with Crippen molar-refractivity contribution >= 4 is 5.57 Å². The monoisotopic (exact) mass is 665 g/mol. The summed E-state index contributed by atoms with van der Waals surface area (Å²) in [5.74, 6) is 0.168. The molecular weight excluding hydrogens is 631 g/mol. The van der Waals surface area contributed by atoms with Crippen LogP contribution in [0.3, 0.4) is 0 Å². The van der Waals surface area contributed by atoms with Crippen LogP contribution in [-0.4, -0.2) is 0 Å². The second-order valence-corrected chi connectivity index (χ2v) is 13.0. The Morgan fingerprint density at radius 3 is 1.40 bits per heavy atom. The fourth-order valence-corrected chi connectivity index (χ4v) is 5.94. The summed E-state index contributed by atoms with van der Waals surface area (Å²) in [6, 6.07) is 35.7. The van der Waals surface area contributed by atoms with E-state index in [9.17, 15) is 0 Å². The van der Waals surface area contributed by atoms with Crippen molar-refractivity contribution in [2.75, 3.05) is 0 Å². The van der Waals surface area contributed by atoms with Crippen molar-refractivity contribution in [1.29, 1.82) is 0 Å². The van der Waals surface area contributed by atoms with E-state index in [2.05, 4.69) is 157 Å². The second kappa shape index (κ2) is 13.1.